The van der Waals surface area contributed by atoms with E-state index < -0.39 is 56.0 Å². The molecule has 122 valence electrons. The summed E-state index contributed by atoms with van der Waals surface area (Å²) in [5, 5.41) is 46.8. The van der Waals surface area contributed by atoms with Gasteiger partial charge in [0.15, 0.2) is 6.29 Å². The molecule has 9 heteroatoms. The number of hydrogen-bond acceptors (Lipinski definition) is 9. The number of rotatable bonds is 6. The summed E-state index contributed by atoms with van der Waals surface area (Å²) < 4.78 is 14.7. The van der Waals surface area contributed by atoms with E-state index in [-0.39, 0.29) is 5.57 Å². The Kier molecular flexibility index (Phi) is 6.68. The number of aliphatic hydroxyl groups excluding tert-OH is 5. The van der Waals surface area contributed by atoms with Crippen LogP contribution in [0.5, 0.6) is 0 Å². The molecule has 0 aromatic rings. The third kappa shape index (κ3) is 4.20. The molecule has 0 spiro atoms. The van der Waals surface area contributed by atoms with Gasteiger partial charge in [0.05, 0.1) is 12.2 Å². The van der Waals surface area contributed by atoms with E-state index in [2.05, 4.69) is 6.58 Å². The highest BCUT2D eigenvalue weighted by atomic mass is 16.7. The summed E-state index contributed by atoms with van der Waals surface area (Å²) >= 11 is 0. The normalized spacial score (nSPS) is 34.3. The zero-order valence-corrected chi connectivity index (χ0v) is 11.5. The van der Waals surface area contributed by atoms with Crippen LogP contribution in [0.15, 0.2) is 12.2 Å². The van der Waals surface area contributed by atoms with Crippen LogP contribution in [0.1, 0.15) is 0 Å². The van der Waals surface area contributed by atoms with Crippen molar-refractivity contribution in [3.8, 4) is 0 Å². The van der Waals surface area contributed by atoms with Crippen LogP contribution < -0.4 is 0 Å². The first kappa shape index (κ1) is 18.0. The number of aliphatic hydroxyl groups is 5. The average Bonchev–Trinajstić information content (AvgIpc) is 2.50. The third-order valence-electron chi connectivity index (χ3n) is 3.12. The molecule has 21 heavy (non-hydrogen) atoms. The van der Waals surface area contributed by atoms with Gasteiger partial charge < -0.3 is 39.7 Å². The molecule has 1 heterocycles. The van der Waals surface area contributed by atoms with Crippen molar-refractivity contribution in [2.75, 3.05) is 20.3 Å². The van der Waals surface area contributed by atoms with E-state index in [1.807, 2.05) is 0 Å². The summed E-state index contributed by atoms with van der Waals surface area (Å²) in [5.41, 5.74) is -0.355. The molecule has 0 aliphatic carbocycles. The van der Waals surface area contributed by atoms with Crippen molar-refractivity contribution < 1.29 is 44.5 Å². The lowest BCUT2D eigenvalue weighted by Gasteiger charge is -2.39. The first-order chi connectivity index (χ1) is 9.83. The number of carbonyl (C=O) groups excluding carboxylic acids is 1. The molecule has 1 aliphatic rings. The predicted octanol–water partition coefficient (Wildman–Crippen LogP) is -3.11. The first-order valence-electron chi connectivity index (χ1n) is 6.20. The van der Waals surface area contributed by atoms with Crippen LogP contribution in [0, 0.1) is 0 Å². The number of carbonyl (C=O) groups is 1. The van der Waals surface area contributed by atoms with Gasteiger partial charge in [-0.25, -0.2) is 4.79 Å². The Morgan fingerprint density at radius 1 is 1.29 bits per heavy atom. The summed E-state index contributed by atoms with van der Waals surface area (Å²) in [6.07, 6.45) is -8.22. The van der Waals surface area contributed by atoms with Crippen LogP contribution in [0.4, 0.5) is 0 Å². The Balaban J connectivity index is 2.58. The predicted molar refractivity (Wildman–Crippen MR) is 66.9 cm³/mol. The van der Waals surface area contributed by atoms with E-state index in [1.54, 1.807) is 0 Å². The minimum absolute atomic E-state index is 0.355. The smallest absolute Gasteiger partial charge is 0.336 e. The Morgan fingerprint density at radius 3 is 2.43 bits per heavy atom. The molecule has 0 aromatic heterocycles. The van der Waals surface area contributed by atoms with Crippen LogP contribution >= 0.6 is 0 Å². The van der Waals surface area contributed by atoms with Crippen molar-refractivity contribution >= 4 is 5.97 Å². The quantitative estimate of drug-likeness (QED) is 0.254. The summed E-state index contributed by atoms with van der Waals surface area (Å²) in [6, 6.07) is 0. The molecule has 1 fully saturated rings. The lowest BCUT2D eigenvalue weighted by atomic mass is 9.99. The van der Waals surface area contributed by atoms with Gasteiger partial charge in [0, 0.05) is 7.11 Å². The Morgan fingerprint density at radius 2 is 1.90 bits per heavy atom. The molecule has 0 saturated carbocycles. The van der Waals surface area contributed by atoms with E-state index in [1.165, 1.54) is 7.11 Å². The van der Waals surface area contributed by atoms with Crippen molar-refractivity contribution in [1.29, 1.82) is 0 Å². The standard InChI is InChI=1S/C12H20O9/c1-5(6(14)3-13)11(18)20-4-7-8(15)9(16)10(17)12(19-2)21-7/h6-10,12-17H,1,3-4H2,2H3/t6-,7-,8-,9+,10-,12+/m1/s1. The van der Waals surface area contributed by atoms with E-state index in [9.17, 15) is 25.2 Å². The molecule has 1 aliphatic heterocycles. The van der Waals surface area contributed by atoms with E-state index in [4.69, 9.17) is 19.3 Å². The molecule has 6 atom stereocenters. The molecule has 9 nitrogen and oxygen atoms in total. The van der Waals surface area contributed by atoms with Crippen LogP contribution in [0.2, 0.25) is 0 Å². The highest BCUT2D eigenvalue weighted by molar-refractivity contribution is 5.88. The molecule has 5 N–H and O–H groups in total. The minimum Gasteiger partial charge on any atom is -0.459 e. The minimum atomic E-state index is -1.53. The van der Waals surface area contributed by atoms with Crippen molar-refractivity contribution in [2.24, 2.45) is 0 Å². The SMILES string of the molecule is C=C(C(=O)OC[C@H]1O[C@H](OC)[C@H](O)[C@@H](O)[C@@H]1O)[C@H](O)CO. The van der Waals surface area contributed by atoms with Gasteiger partial charge in [0.2, 0.25) is 0 Å². The molecule has 0 bridgehead atoms. The maximum atomic E-state index is 11.5. The number of ether oxygens (including phenoxy) is 3. The fourth-order valence-electron chi connectivity index (χ4n) is 1.75. The summed E-state index contributed by atoms with van der Waals surface area (Å²) in [6.45, 7) is 2.12. The molecule has 1 rings (SSSR count). The second kappa shape index (κ2) is 7.80. The first-order valence-corrected chi connectivity index (χ1v) is 6.20. The highest BCUT2D eigenvalue weighted by Crippen LogP contribution is 2.22. The molecule has 0 unspecified atom stereocenters. The lowest BCUT2D eigenvalue weighted by molar-refractivity contribution is -0.295. The number of methoxy groups -OCH3 is 1. The van der Waals surface area contributed by atoms with Crippen LogP contribution in [-0.2, 0) is 19.0 Å². The number of hydrogen-bond donors (Lipinski definition) is 5. The summed E-state index contributed by atoms with van der Waals surface area (Å²) in [5.74, 6) is -0.984. The Bertz CT molecular complexity index is 370. The van der Waals surface area contributed by atoms with E-state index in [0.29, 0.717) is 0 Å². The van der Waals surface area contributed by atoms with Crippen LogP contribution in [0.25, 0.3) is 0 Å². The second-order valence-electron chi connectivity index (χ2n) is 4.57. The molecule has 1 saturated heterocycles. The van der Waals surface area contributed by atoms with Gasteiger partial charge in [0.25, 0.3) is 0 Å². The Labute approximate surface area is 121 Å². The molecule has 0 radical (unpaired) electrons. The van der Waals surface area contributed by atoms with Crippen LogP contribution in [0.3, 0.4) is 0 Å². The fourth-order valence-corrected chi connectivity index (χ4v) is 1.75. The monoisotopic (exact) mass is 308 g/mol. The average molecular weight is 308 g/mol. The molecular weight excluding hydrogens is 288 g/mol. The zero-order valence-electron chi connectivity index (χ0n) is 11.5. The van der Waals surface area contributed by atoms with Crippen molar-refractivity contribution in [2.45, 2.75) is 36.8 Å². The van der Waals surface area contributed by atoms with E-state index in [0.717, 1.165) is 0 Å². The van der Waals surface area contributed by atoms with Crippen molar-refractivity contribution in [3.63, 3.8) is 0 Å². The highest BCUT2D eigenvalue weighted by Gasteiger charge is 2.44. The van der Waals surface area contributed by atoms with Gasteiger partial charge in [-0.3, -0.25) is 0 Å². The lowest BCUT2D eigenvalue weighted by Crippen LogP contribution is -2.59. The van der Waals surface area contributed by atoms with Gasteiger partial charge in [-0.2, -0.15) is 0 Å². The third-order valence-corrected chi connectivity index (χ3v) is 3.12. The maximum Gasteiger partial charge on any atom is 0.336 e. The maximum absolute atomic E-state index is 11.5. The molecular formula is C12H20O9. The largest absolute Gasteiger partial charge is 0.459 e. The van der Waals surface area contributed by atoms with Crippen molar-refractivity contribution in [3.05, 3.63) is 12.2 Å². The summed E-state index contributed by atoms with van der Waals surface area (Å²) in [7, 11) is 1.24. The topological polar surface area (TPSA) is 146 Å². The van der Waals surface area contributed by atoms with Crippen LogP contribution in [-0.4, -0.2) is 88.6 Å². The van der Waals surface area contributed by atoms with Gasteiger partial charge in [0.1, 0.15) is 37.1 Å². The van der Waals surface area contributed by atoms with Gasteiger partial charge in [-0.05, 0) is 0 Å². The van der Waals surface area contributed by atoms with Gasteiger partial charge in [-0.15, -0.1) is 0 Å². The summed E-state index contributed by atoms with van der Waals surface area (Å²) in [4.78, 5) is 11.5. The van der Waals surface area contributed by atoms with Gasteiger partial charge in [-0.1, -0.05) is 6.58 Å². The number of esters is 1. The fraction of sp³-hybridized carbons (Fsp3) is 0.750. The second-order valence-corrected chi connectivity index (χ2v) is 4.57. The Hall–Kier alpha value is -1.07. The van der Waals surface area contributed by atoms with Gasteiger partial charge >= 0.3 is 5.97 Å². The zero-order chi connectivity index (χ0) is 16.2. The van der Waals surface area contributed by atoms with E-state index >= 15 is 0 Å². The molecule has 0 amide bonds. The van der Waals surface area contributed by atoms with Crippen molar-refractivity contribution in [1.82, 2.24) is 0 Å². The molecule has 0 aromatic carbocycles.